The Hall–Kier alpha value is -1.99. The molecule has 1 aromatic carbocycles. The summed E-state index contributed by atoms with van der Waals surface area (Å²) in [5.74, 6) is 2.46. The highest BCUT2D eigenvalue weighted by Gasteiger charge is 2.16. The minimum atomic E-state index is -0.107. The van der Waals surface area contributed by atoms with Crippen molar-refractivity contribution in [1.82, 2.24) is 15.1 Å². The van der Waals surface area contributed by atoms with E-state index in [4.69, 9.17) is 14.5 Å². The van der Waals surface area contributed by atoms with E-state index in [1.54, 1.807) is 14.2 Å². The molecule has 0 aromatic heterocycles. The number of hydrogen-bond donors (Lipinski definition) is 2. The molecular weight excluding hydrogens is 368 g/mol. The summed E-state index contributed by atoms with van der Waals surface area (Å²) >= 11 is 0. The Morgan fingerprint density at radius 1 is 1.24 bits per heavy atom. The molecule has 1 heterocycles. The van der Waals surface area contributed by atoms with Gasteiger partial charge in [0.25, 0.3) is 0 Å². The van der Waals surface area contributed by atoms with Gasteiger partial charge in [0.1, 0.15) is 0 Å². The Kier molecular flexibility index (Phi) is 10.1. The zero-order valence-corrected chi connectivity index (χ0v) is 18.5. The van der Waals surface area contributed by atoms with Crippen molar-refractivity contribution in [2.75, 3.05) is 60.5 Å². The molecule has 0 bridgehead atoms. The number of methoxy groups -OCH3 is 2. The third kappa shape index (κ3) is 7.74. The van der Waals surface area contributed by atoms with E-state index < -0.39 is 0 Å². The van der Waals surface area contributed by atoms with Crippen molar-refractivity contribution in [3.8, 4) is 11.5 Å². The predicted molar refractivity (Wildman–Crippen MR) is 118 cm³/mol. The van der Waals surface area contributed by atoms with E-state index in [9.17, 15) is 5.11 Å². The average molecular weight is 407 g/mol. The van der Waals surface area contributed by atoms with Crippen molar-refractivity contribution in [2.24, 2.45) is 4.99 Å². The highest BCUT2D eigenvalue weighted by atomic mass is 16.5. The number of aliphatic hydroxyl groups excluding tert-OH is 1. The first-order valence-electron chi connectivity index (χ1n) is 10.7. The fourth-order valence-corrected chi connectivity index (χ4v) is 3.53. The Bertz CT molecular complexity index is 630. The zero-order valence-electron chi connectivity index (χ0n) is 18.5. The van der Waals surface area contributed by atoms with E-state index in [-0.39, 0.29) is 6.10 Å². The number of likely N-dealkylation sites (tertiary alicyclic amines) is 1. The molecule has 0 radical (unpaired) electrons. The molecule has 0 aliphatic carbocycles. The Balaban J connectivity index is 1.81. The molecule has 1 aliphatic rings. The van der Waals surface area contributed by atoms with Crippen LogP contribution in [-0.2, 0) is 6.42 Å². The molecule has 0 saturated carbocycles. The van der Waals surface area contributed by atoms with Crippen molar-refractivity contribution in [3.63, 3.8) is 0 Å². The Morgan fingerprint density at radius 2 is 1.97 bits per heavy atom. The van der Waals surface area contributed by atoms with Crippen LogP contribution in [0.2, 0.25) is 0 Å². The van der Waals surface area contributed by atoms with Gasteiger partial charge in [-0.3, -0.25) is 4.99 Å². The summed E-state index contributed by atoms with van der Waals surface area (Å²) in [6.45, 7) is 7.66. The summed E-state index contributed by atoms with van der Waals surface area (Å²) in [7, 11) is 5.39. The molecule has 0 spiro atoms. The first-order valence-corrected chi connectivity index (χ1v) is 10.7. The van der Waals surface area contributed by atoms with Crippen LogP contribution in [0, 0.1) is 0 Å². The van der Waals surface area contributed by atoms with Gasteiger partial charge < -0.3 is 29.7 Å². The van der Waals surface area contributed by atoms with Crippen molar-refractivity contribution in [2.45, 2.75) is 38.7 Å². The minimum absolute atomic E-state index is 0.107. The number of benzene rings is 1. The second-order valence-electron chi connectivity index (χ2n) is 7.52. The molecule has 1 aliphatic heterocycles. The van der Waals surface area contributed by atoms with Gasteiger partial charge in [0.2, 0.25) is 0 Å². The van der Waals surface area contributed by atoms with E-state index in [0.717, 1.165) is 82.4 Å². The predicted octanol–water partition coefficient (Wildman–Crippen LogP) is 1.99. The van der Waals surface area contributed by atoms with Gasteiger partial charge in [0.05, 0.1) is 20.3 Å². The maximum atomic E-state index is 9.60. The van der Waals surface area contributed by atoms with Gasteiger partial charge in [-0.2, -0.15) is 0 Å². The lowest BCUT2D eigenvalue weighted by Crippen LogP contribution is -2.40. The summed E-state index contributed by atoms with van der Waals surface area (Å²) < 4.78 is 10.7. The van der Waals surface area contributed by atoms with Crippen molar-refractivity contribution in [1.29, 1.82) is 0 Å². The van der Waals surface area contributed by atoms with E-state index in [0.29, 0.717) is 0 Å². The number of guanidine groups is 1. The summed E-state index contributed by atoms with van der Waals surface area (Å²) in [5, 5.41) is 13.0. The largest absolute Gasteiger partial charge is 0.493 e. The van der Waals surface area contributed by atoms with Gasteiger partial charge in [-0.05, 0) is 56.8 Å². The monoisotopic (exact) mass is 406 g/mol. The molecule has 0 amide bonds. The number of aliphatic imine (C=N–C) groups is 1. The molecule has 0 unspecified atom stereocenters. The number of nitrogens with one attached hydrogen (secondary N) is 1. The molecule has 1 fully saturated rings. The lowest BCUT2D eigenvalue weighted by atomic mass is 10.1. The van der Waals surface area contributed by atoms with Crippen molar-refractivity contribution >= 4 is 5.96 Å². The lowest BCUT2D eigenvalue weighted by molar-refractivity contribution is 0.0824. The molecule has 1 aromatic rings. The number of hydrogen-bond acceptors (Lipinski definition) is 5. The van der Waals surface area contributed by atoms with Gasteiger partial charge in [0.15, 0.2) is 17.5 Å². The number of likely N-dealkylation sites (N-methyl/N-ethyl adjacent to an activating group) is 1. The highest BCUT2D eigenvalue weighted by Crippen LogP contribution is 2.27. The molecule has 1 saturated heterocycles. The third-order valence-corrected chi connectivity index (χ3v) is 5.33. The number of ether oxygens (including phenoxy) is 2. The molecule has 164 valence electrons. The van der Waals surface area contributed by atoms with Crippen LogP contribution < -0.4 is 14.8 Å². The Morgan fingerprint density at radius 3 is 2.62 bits per heavy atom. The highest BCUT2D eigenvalue weighted by molar-refractivity contribution is 5.79. The normalized spacial score (nSPS) is 16.0. The number of nitrogens with zero attached hydrogens (tertiary/aromatic N) is 3. The van der Waals surface area contributed by atoms with Crippen LogP contribution in [0.25, 0.3) is 0 Å². The smallest absolute Gasteiger partial charge is 0.193 e. The summed E-state index contributed by atoms with van der Waals surface area (Å²) in [4.78, 5) is 9.40. The minimum Gasteiger partial charge on any atom is -0.493 e. The average Bonchev–Trinajstić information content (AvgIpc) is 2.75. The van der Waals surface area contributed by atoms with Crippen molar-refractivity contribution in [3.05, 3.63) is 23.8 Å². The van der Waals surface area contributed by atoms with Gasteiger partial charge in [-0.15, -0.1) is 0 Å². The fraction of sp³-hybridized carbons (Fsp3) is 0.682. The molecule has 7 nitrogen and oxygen atoms in total. The summed E-state index contributed by atoms with van der Waals surface area (Å²) in [6, 6.07) is 6.06. The van der Waals surface area contributed by atoms with Gasteiger partial charge in [-0.25, -0.2) is 0 Å². The number of aliphatic hydroxyl groups is 1. The SMILES string of the molecule is CCNC(=NCCCN1CCC(O)CC1)N(C)CCc1ccc(OC)c(OC)c1. The van der Waals surface area contributed by atoms with Crippen LogP contribution in [0.1, 0.15) is 31.7 Å². The van der Waals surface area contributed by atoms with Crippen LogP contribution in [0.15, 0.2) is 23.2 Å². The number of rotatable bonds is 10. The third-order valence-electron chi connectivity index (χ3n) is 5.33. The molecule has 29 heavy (non-hydrogen) atoms. The van der Waals surface area contributed by atoms with Crippen molar-refractivity contribution < 1.29 is 14.6 Å². The van der Waals surface area contributed by atoms with Crippen LogP contribution >= 0.6 is 0 Å². The van der Waals surface area contributed by atoms with Gasteiger partial charge in [0, 0.05) is 39.8 Å². The standard InChI is InChI=1S/C22H38N4O3/c1-5-23-22(24-12-6-13-26-15-10-19(27)11-16-26)25(2)14-9-18-7-8-20(28-3)21(17-18)29-4/h7-8,17,19,27H,5-6,9-16H2,1-4H3,(H,23,24). The molecular formula is C22H38N4O3. The van der Waals surface area contributed by atoms with E-state index in [1.807, 2.05) is 12.1 Å². The molecule has 2 N–H and O–H groups in total. The van der Waals surface area contributed by atoms with E-state index in [1.165, 1.54) is 5.56 Å². The first kappa shape index (κ1) is 23.3. The first-order chi connectivity index (χ1) is 14.1. The quantitative estimate of drug-likeness (QED) is 0.352. The second-order valence-corrected chi connectivity index (χ2v) is 7.52. The van der Waals surface area contributed by atoms with Crippen LogP contribution in [-0.4, -0.2) is 87.5 Å². The topological polar surface area (TPSA) is 69.6 Å². The van der Waals surface area contributed by atoms with Gasteiger partial charge in [-0.1, -0.05) is 6.07 Å². The zero-order chi connectivity index (χ0) is 21.1. The van der Waals surface area contributed by atoms with Gasteiger partial charge >= 0.3 is 0 Å². The lowest BCUT2D eigenvalue weighted by Gasteiger charge is -2.29. The maximum Gasteiger partial charge on any atom is 0.193 e. The van der Waals surface area contributed by atoms with E-state index in [2.05, 4.69) is 35.2 Å². The van der Waals surface area contributed by atoms with Crippen LogP contribution in [0.5, 0.6) is 11.5 Å². The molecule has 7 heteroatoms. The van der Waals surface area contributed by atoms with Crippen LogP contribution in [0.3, 0.4) is 0 Å². The number of piperidine rings is 1. The summed E-state index contributed by atoms with van der Waals surface area (Å²) in [6.07, 6.45) is 3.62. The second kappa shape index (κ2) is 12.5. The summed E-state index contributed by atoms with van der Waals surface area (Å²) in [5.41, 5.74) is 1.21. The van der Waals surface area contributed by atoms with Crippen LogP contribution in [0.4, 0.5) is 0 Å². The molecule has 0 atom stereocenters. The molecule has 2 rings (SSSR count). The van der Waals surface area contributed by atoms with E-state index >= 15 is 0 Å². The maximum absolute atomic E-state index is 9.60. The fourth-order valence-electron chi connectivity index (χ4n) is 3.53. The Labute approximate surface area is 175 Å².